The molecule has 0 atom stereocenters. The molecule has 1 fully saturated rings. The van der Waals surface area contributed by atoms with Gasteiger partial charge in [-0.3, -0.25) is 4.79 Å². The molecule has 3 aromatic rings. The highest BCUT2D eigenvalue weighted by Crippen LogP contribution is 2.29. The number of nitrogens with two attached hydrogens (primary N) is 1. The number of benzene rings is 1. The molecule has 1 aromatic carbocycles. The number of nitrogens with zero attached hydrogens (tertiary/aromatic N) is 4. The molecule has 35 heavy (non-hydrogen) atoms. The zero-order valence-electron chi connectivity index (χ0n) is 19.6. The summed E-state index contributed by atoms with van der Waals surface area (Å²) in [7, 11) is 0. The molecule has 1 saturated carbocycles. The van der Waals surface area contributed by atoms with E-state index < -0.39 is 11.4 Å². The number of carbonyl (C=O) groups is 1. The minimum Gasteiger partial charge on any atom is -0.466 e. The summed E-state index contributed by atoms with van der Waals surface area (Å²) in [5.74, 6) is 5.92. The largest absolute Gasteiger partial charge is 0.466 e. The van der Waals surface area contributed by atoms with Crippen molar-refractivity contribution in [2.45, 2.75) is 64.0 Å². The SMILES string of the molecule is CCOC(=O)CCCn1c(-c2cccc(F)c2)nc2c(N)nc(C#CC3(O)CCCCC3)nc21.Cl. The monoisotopic (exact) mass is 501 g/mol. The number of nitrogen functional groups attached to an aromatic ring is 1. The van der Waals surface area contributed by atoms with E-state index in [4.69, 9.17) is 10.5 Å². The topological polar surface area (TPSA) is 116 Å². The van der Waals surface area contributed by atoms with Gasteiger partial charge in [-0.2, -0.15) is 0 Å². The number of imidazole rings is 1. The second kappa shape index (κ2) is 11.5. The summed E-state index contributed by atoms with van der Waals surface area (Å²) in [5.41, 5.74) is 6.52. The van der Waals surface area contributed by atoms with Gasteiger partial charge < -0.3 is 20.1 Å². The second-order valence-electron chi connectivity index (χ2n) is 8.45. The predicted octanol–water partition coefficient (Wildman–Crippen LogP) is 4.03. The third kappa shape index (κ3) is 6.27. The fourth-order valence-corrected chi connectivity index (χ4v) is 4.19. The Hall–Kier alpha value is -3.22. The number of rotatable bonds is 6. The zero-order chi connectivity index (χ0) is 24.1. The van der Waals surface area contributed by atoms with Crippen LogP contribution in [-0.2, 0) is 16.1 Å². The lowest BCUT2D eigenvalue weighted by molar-refractivity contribution is -0.143. The summed E-state index contributed by atoms with van der Waals surface area (Å²) >= 11 is 0. The van der Waals surface area contributed by atoms with Crippen LogP contribution in [0.5, 0.6) is 0 Å². The lowest BCUT2D eigenvalue weighted by atomic mass is 9.85. The lowest BCUT2D eigenvalue weighted by Gasteiger charge is -2.26. The number of fused-ring (bicyclic) bond motifs is 1. The third-order valence-corrected chi connectivity index (χ3v) is 5.86. The Bertz CT molecular complexity index is 1260. The van der Waals surface area contributed by atoms with E-state index in [0.29, 0.717) is 55.0 Å². The molecule has 0 unspecified atom stereocenters. The van der Waals surface area contributed by atoms with Crippen molar-refractivity contribution in [1.82, 2.24) is 19.5 Å². The van der Waals surface area contributed by atoms with Crippen LogP contribution in [0.2, 0.25) is 0 Å². The Morgan fingerprint density at radius 3 is 2.74 bits per heavy atom. The van der Waals surface area contributed by atoms with Gasteiger partial charge in [0.1, 0.15) is 17.2 Å². The van der Waals surface area contributed by atoms with E-state index >= 15 is 0 Å². The molecule has 0 amide bonds. The standard InChI is InChI=1S/C25H28FN5O3.ClH/c1-2-34-20(32)10-7-15-31-23(17-8-6-9-18(26)16-17)30-21-22(27)28-19(29-24(21)31)11-14-25(33)12-4-3-5-13-25;/h6,8-9,16,33H,2-5,7,10,12-13,15H2,1H3,(H2,27,28,29);1H. The molecular formula is C25H29ClFN5O3. The molecule has 0 bridgehead atoms. The molecule has 0 saturated heterocycles. The maximum Gasteiger partial charge on any atom is 0.305 e. The van der Waals surface area contributed by atoms with Gasteiger partial charge >= 0.3 is 5.97 Å². The van der Waals surface area contributed by atoms with Crippen LogP contribution < -0.4 is 5.73 Å². The van der Waals surface area contributed by atoms with Gasteiger partial charge in [-0.1, -0.05) is 24.5 Å². The lowest BCUT2D eigenvalue weighted by Crippen LogP contribution is -2.29. The van der Waals surface area contributed by atoms with Gasteiger partial charge in [0.05, 0.1) is 6.61 Å². The van der Waals surface area contributed by atoms with Crippen LogP contribution in [0.15, 0.2) is 24.3 Å². The molecule has 0 spiro atoms. The molecule has 1 aliphatic rings. The number of aromatic nitrogens is 4. The smallest absolute Gasteiger partial charge is 0.305 e. The van der Waals surface area contributed by atoms with Crippen molar-refractivity contribution in [3.8, 4) is 23.2 Å². The van der Waals surface area contributed by atoms with Gasteiger partial charge in [0.2, 0.25) is 5.82 Å². The van der Waals surface area contributed by atoms with Crippen LogP contribution in [0.3, 0.4) is 0 Å². The van der Waals surface area contributed by atoms with E-state index in [1.807, 2.05) is 0 Å². The molecule has 0 aliphatic heterocycles. The molecular weight excluding hydrogens is 473 g/mol. The number of carbonyl (C=O) groups excluding carboxylic acids is 1. The molecule has 8 nitrogen and oxygen atoms in total. The van der Waals surface area contributed by atoms with E-state index in [-0.39, 0.29) is 36.4 Å². The van der Waals surface area contributed by atoms with E-state index in [1.54, 1.807) is 23.6 Å². The maximum absolute atomic E-state index is 13.9. The van der Waals surface area contributed by atoms with Crippen LogP contribution in [0.1, 0.15) is 57.7 Å². The van der Waals surface area contributed by atoms with Crippen molar-refractivity contribution in [2.75, 3.05) is 12.3 Å². The summed E-state index contributed by atoms with van der Waals surface area (Å²) in [6.45, 7) is 2.46. The van der Waals surface area contributed by atoms with Gasteiger partial charge in [0, 0.05) is 18.5 Å². The van der Waals surface area contributed by atoms with E-state index in [0.717, 1.165) is 19.3 Å². The number of aryl methyl sites for hydroxylation is 1. The van der Waals surface area contributed by atoms with Crippen molar-refractivity contribution in [3.63, 3.8) is 0 Å². The average Bonchev–Trinajstić information content (AvgIpc) is 3.18. The maximum atomic E-state index is 13.9. The summed E-state index contributed by atoms with van der Waals surface area (Å²) in [4.78, 5) is 25.3. The molecule has 1 aliphatic carbocycles. The summed E-state index contributed by atoms with van der Waals surface area (Å²) < 4.78 is 20.8. The van der Waals surface area contributed by atoms with Crippen molar-refractivity contribution < 1.29 is 19.0 Å². The van der Waals surface area contributed by atoms with Crippen molar-refractivity contribution in [1.29, 1.82) is 0 Å². The quantitative estimate of drug-likeness (QED) is 0.387. The van der Waals surface area contributed by atoms with Crippen LogP contribution in [0.25, 0.3) is 22.6 Å². The first kappa shape index (κ1) is 26.4. The first-order valence-electron chi connectivity index (χ1n) is 11.6. The first-order valence-corrected chi connectivity index (χ1v) is 11.6. The van der Waals surface area contributed by atoms with Crippen molar-refractivity contribution in [3.05, 3.63) is 35.9 Å². The Kier molecular flexibility index (Phi) is 8.65. The minimum atomic E-state index is -1.04. The van der Waals surface area contributed by atoms with Gasteiger partial charge in [-0.15, -0.1) is 12.4 Å². The minimum absolute atomic E-state index is 0. The van der Waals surface area contributed by atoms with Crippen LogP contribution in [0, 0.1) is 17.7 Å². The normalized spacial score (nSPS) is 14.6. The highest BCUT2D eigenvalue weighted by molar-refractivity contribution is 5.86. The van der Waals surface area contributed by atoms with E-state index in [1.165, 1.54) is 12.1 Å². The van der Waals surface area contributed by atoms with Crippen LogP contribution >= 0.6 is 12.4 Å². The third-order valence-electron chi connectivity index (χ3n) is 5.86. The molecule has 4 rings (SSSR count). The summed E-state index contributed by atoms with van der Waals surface area (Å²) in [6, 6.07) is 6.08. The predicted molar refractivity (Wildman–Crippen MR) is 133 cm³/mol. The van der Waals surface area contributed by atoms with Crippen LogP contribution in [-0.4, -0.2) is 42.8 Å². The van der Waals surface area contributed by atoms with Gasteiger partial charge in [0.15, 0.2) is 17.0 Å². The Balaban J connectivity index is 0.00000342. The number of anilines is 1. The second-order valence-corrected chi connectivity index (χ2v) is 8.45. The Morgan fingerprint density at radius 2 is 2.03 bits per heavy atom. The number of esters is 1. The molecule has 2 heterocycles. The Morgan fingerprint density at radius 1 is 1.26 bits per heavy atom. The fraction of sp³-hybridized carbons (Fsp3) is 0.440. The Labute approximate surface area is 209 Å². The average molecular weight is 502 g/mol. The molecule has 2 aromatic heterocycles. The highest BCUT2D eigenvalue weighted by Gasteiger charge is 2.27. The van der Waals surface area contributed by atoms with Crippen LogP contribution in [0.4, 0.5) is 10.2 Å². The number of ether oxygens (including phenoxy) is 1. The number of hydrogen-bond acceptors (Lipinski definition) is 7. The molecule has 186 valence electrons. The highest BCUT2D eigenvalue weighted by atomic mass is 35.5. The van der Waals surface area contributed by atoms with Crippen molar-refractivity contribution >= 4 is 35.4 Å². The summed E-state index contributed by atoms with van der Waals surface area (Å²) in [5, 5.41) is 10.7. The molecule has 0 radical (unpaired) electrons. The van der Waals surface area contributed by atoms with Gasteiger partial charge in [-0.05, 0) is 57.1 Å². The first-order chi connectivity index (χ1) is 16.4. The number of hydrogen-bond donors (Lipinski definition) is 2. The number of aliphatic hydroxyl groups is 1. The van der Waals surface area contributed by atoms with E-state index in [2.05, 4.69) is 26.8 Å². The summed E-state index contributed by atoms with van der Waals surface area (Å²) in [6.07, 6.45) is 4.87. The van der Waals surface area contributed by atoms with Gasteiger partial charge in [0.25, 0.3) is 0 Å². The molecule has 10 heteroatoms. The van der Waals surface area contributed by atoms with Crippen molar-refractivity contribution in [2.24, 2.45) is 0 Å². The van der Waals surface area contributed by atoms with E-state index in [9.17, 15) is 14.3 Å². The zero-order valence-corrected chi connectivity index (χ0v) is 20.4. The molecule has 3 N–H and O–H groups in total. The fourth-order valence-electron chi connectivity index (χ4n) is 4.19. The number of halogens is 2. The van der Waals surface area contributed by atoms with Gasteiger partial charge in [-0.25, -0.2) is 19.3 Å².